The number of hydrogen-bond donors (Lipinski definition) is 0. The first-order chi connectivity index (χ1) is 13.4. The van der Waals surface area contributed by atoms with Crippen LogP contribution < -0.4 is 0 Å². The highest BCUT2D eigenvalue weighted by molar-refractivity contribution is 7.89. The topological polar surface area (TPSA) is 93.9 Å². The van der Waals surface area contributed by atoms with Crippen molar-refractivity contribution >= 4 is 32.4 Å². The summed E-state index contributed by atoms with van der Waals surface area (Å²) in [7, 11) is -0.497. The van der Waals surface area contributed by atoms with E-state index in [2.05, 4.69) is 19.9 Å². The molecule has 4 aromatic rings. The van der Waals surface area contributed by atoms with Crippen LogP contribution in [0.5, 0.6) is 0 Å². The Morgan fingerprint density at radius 3 is 2.57 bits per heavy atom. The number of aryl methyl sites for hydroxylation is 1. The van der Waals surface area contributed by atoms with Gasteiger partial charge in [-0.05, 0) is 31.2 Å². The van der Waals surface area contributed by atoms with Gasteiger partial charge < -0.3 is 4.57 Å². The Balaban J connectivity index is 1.83. The Morgan fingerprint density at radius 1 is 1.14 bits per heavy atom. The smallest absolute Gasteiger partial charge is 0.242 e. The van der Waals surface area contributed by atoms with Crippen molar-refractivity contribution < 1.29 is 8.42 Å². The monoisotopic (exact) mass is 414 g/mol. The van der Waals surface area contributed by atoms with Crippen LogP contribution in [0.4, 0.5) is 0 Å². The Hall–Kier alpha value is -2.69. The van der Waals surface area contributed by atoms with E-state index in [4.69, 9.17) is 0 Å². The van der Waals surface area contributed by atoms with Gasteiger partial charge in [-0.3, -0.25) is 0 Å². The summed E-state index contributed by atoms with van der Waals surface area (Å²) in [5.41, 5.74) is 2.19. The van der Waals surface area contributed by atoms with Gasteiger partial charge in [0.1, 0.15) is 5.69 Å². The molecule has 0 fully saturated rings. The number of benzene rings is 1. The first-order valence-corrected chi connectivity index (χ1v) is 10.9. The normalized spacial score (nSPS) is 12.1. The maximum Gasteiger partial charge on any atom is 0.242 e. The van der Waals surface area contributed by atoms with Gasteiger partial charge in [-0.25, -0.2) is 32.7 Å². The summed E-state index contributed by atoms with van der Waals surface area (Å²) in [5.74, 6) is 1.26. The van der Waals surface area contributed by atoms with E-state index in [0.717, 1.165) is 5.52 Å². The van der Waals surface area contributed by atoms with E-state index in [1.807, 2.05) is 16.9 Å². The second kappa shape index (κ2) is 7.04. The summed E-state index contributed by atoms with van der Waals surface area (Å²) in [4.78, 5) is 18.0. The van der Waals surface area contributed by atoms with E-state index in [-0.39, 0.29) is 4.90 Å². The lowest BCUT2D eigenvalue weighted by atomic mass is 10.3. The maximum atomic E-state index is 12.4. The number of nitrogens with zero attached hydrogens (tertiary/aromatic N) is 6. The van der Waals surface area contributed by atoms with E-state index in [0.29, 0.717) is 34.4 Å². The highest BCUT2D eigenvalue weighted by atomic mass is 32.2. The molecule has 1 aromatic carbocycles. The minimum absolute atomic E-state index is 0.217. The van der Waals surface area contributed by atoms with Crippen molar-refractivity contribution in [3.63, 3.8) is 0 Å². The van der Waals surface area contributed by atoms with Crippen LogP contribution in [0.15, 0.2) is 46.9 Å². The minimum atomic E-state index is -3.52. The molecule has 0 atom stereocenters. The van der Waals surface area contributed by atoms with Gasteiger partial charge in [-0.2, -0.15) is 0 Å². The fourth-order valence-corrected chi connectivity index (χ4v) is 4.55. The van der Waals surface area contributed by atoms with Gasteiger partial charge in [0.2, 0.25) is 10.0 Å². The molecule has 28 heavy (non-hydrogen) atoms. The second-order valence-corrected chi connectivity index (χ2v) is 9.24. The number of aromatic nitrogens is 5. The van der Waals surface area contributed by atoms with Crippen molar-refractivity contribution in [2.45, 2.75) is 18.4 Å². The summed E-state index contributed by atoms with van der Waals surface area (Å²) in [6, 6.07) is 6.76. The van der Waals surface area contributed by atoms with Crippen LogP contribution in [0.3, 0.4) is 0 Å². The summed E-state index contributed by atoms with van der Waals surface area (Å²) in [6.07, 6.45) is 3.36. The van der Waals surface area contributed by atoms with Crippen molar-refractivity contribution in [2.24, 2.45) is 0 Å². The zero-order chi connectivity index (χ0) is 19.9. The van der Waals surface area contributed by atoms with Crippen LogP contribution in [-0.4, -0.2) is 51.3 Å². The molecule has 3 aromatic heterocycles. The summed E-state index contributed by atoms with van der Waals surface area (Å²) >= 11 is 1.45. The molecule has 8 nitrogen and oxygen atoms in total. The largest absolute Gasteiger partial charge is 0.323 e. The van der Waals surface area contributed by atoms with Crippen LogP contribution in [0, 0.1) is 0 Å². The van der Waals surface area contributed by atoms with Gasteiger partial charge in [0.05, 0.1) is 15.9 Å². The molecule has 0 N–H and O–H groups in total. The molecule has 0 spiro atoms. The van der Waals surface area contributed by atoms with E-state index in [1.54, 1.807) is 36.7 Å². The third-order valence-electron chi connectivity index (χ3n) is 4.30. The first-order valence-electron chi connectivity index (χ1n) is 8.58. The molecule has 0 saturated carbocycles. The van der Waals surface area contributed by atoms with Crippen molar-refractivity contribution in [3.8, 4) is 22.4 Å². The highest BCUT2D eigenvalue weighted by Crippen LogP contribution is 2.30. The van der Waals surface area contributed by atoms with Gasteiger partial charge >= 0.3 is 0 Å². The van der Waals surface area contributed by atoms with Gasteiger partial charge in [-0.15, -0.1) is 11.3 Å². The summed E-state index contributed by atoms with van der Waals surface area (Å²) < 4.78 is 28.1. The number of thiazole rings is 1. The molecule has 0 bridgehead atoms. The summed E-state index contributed by atoms with van der Waals surface area (Å²) in [5, 5.41) is 2.62. The molecular formula is C18H18N6O2S2. The van der Waals surface area contributed by atoms with Crippen LogP contribution >= 0.6 is 11.3 Å². The third kappa shape index (κ3) is 3.09. The van der Waals surface area contributed by atoms with Gasteiger partial charge in [0.15, 0.2) is 16.7 Å². The number of rotatable bonds is 5. The van der Waals surface area contributed by atoms with Crippen LogP contribution in [-0.2, 0) is 16.6 Å². The predicted molar refractivity (Wildman–Crippen MR) is 108 cm³/mol. The van der Waals surface area contributed by atoms with Crippen molar-refractivity contribution in [2.75, 3.05) is 14.1 Å². The third-order valence-corrected chi connectivity index (χ3v) is 6.95. The fraction of sp³-hybridized carbons (Fsp3) is 0.222. The molecule has 0 unspecified atom stereocenters. The number of imidazole rings is 1. The Kier molecular flexibility index (Phi) is 4.69. The number of hydrogen-bond acceptors (Lipinski definition) is 7. The minimum Gasteiger partial charge on any atom is -0.323 e. The van der Waals surface area contributed by atoms with Crippen LogP contribution in [0.2, 0.25) is 0 Å². The van der Waals surface area contributed by atoms with Gasteiger partial charge in [0.25, 0.3) is 0 Å². The van der Waals surface area contributed by atoms with E-state index in [1.165, 1.54) is 29.7 Å². The average Bonchev–Trinajstić information content (AvgIpc) is 3.32. The van der Waals surface area contributed by atoms with Crippen molar-refractivity contribution in [1.82, 2.24) is 28.8 Å². The van der Waals surface area contributed by atoms with E-state index in [9.17, 15) is 8.42 Å². The lowest BCUT2D eigenvalue weighted by molar-refractivity contribution is 0.521. The quantitative estimate of drug-likeness (QED) is 0.498. The highest BCUT2D eigenvalue weighted by Gasteiger charge is 2.21. The zero-order valence-electron chi connectivity index (χ0n) is 15.6. The van der Waals surface area contributed by atoms with Crippen molar-refractivity contribution in [1.29, 1.82) is 0 Å². The predicted octanol–water partition coefficient (Wildman–Crippen LogP) is 2.89. The second-order valence-electron chi connectivity index (χ2n) is 6.23. The Morgan fingerprint density at radius 2 is 1.89 bits per heavy atom. The van der Waals surface area contributed by atoms with E-state index >= 15 is 0 Å². The molecule has 3 heterocycles. The molecule has 0 radical (unpaired) electrons. The molecule has 10 heteroatoms. The van der Waals surface area contributed by atoms with Gasteiger partial charge in [-0.1, -0.05) is 0 Å². The Bertz CT molecular complexity index is 1250. The van der Waals surface area contributed by atoms with E-state index < -0.39 is 10.0 Å². The summed E-state index contributed by atoms with van der Waals surface area (Å²) in [6.45, 7) is 2.70. The van der Waals surface area contributed by atoms with Gasteiger partial charge in [0, 0.05) is 38.4 Å². The van der Waals surface area contributed by atoms with Crippen LogP contribution in [0.1, 0.15) is 6.92 Å². The molecule has 0 aliphatic heterocycles. The zero-order valence-corrected chi connectivity index (χ0v) is 17.2. The van der Waals surface area contributed by atoms with Crippen LogP contribution in [0.25, 0.3) is 33.4 Å². The standard InChI is InChI=1S/C18H18N6O2S2/c1-4-24-15-7-6-12(28(25,26)23(2)3)10-13(15)21-17(24)14-11-27-18(22-14)16-19-8-5-9-20-16/h5-11H,4H2,1-3H3. The maximum absolute atomic E-state index is 12.4. The number of sulfonamides is 1. The molecule has 144 valence electrons. The first kappa shape index (κ1) is 18.7. The molecule has 0 amide bonds. The average molecular weight is 415 g/mol. The van der Waals surface area contributed by atoms with Crippen molar-refractivity contribution in [3.05, 3.63) is 42.0 Å². The Labute approximate surface area is 166 Å². The molecule has 0 saturated heterocycles. The fourth-order valence-electron chi connectivity index (χ4n) is 2.89. The molecule has 0 aliphatic rings. The molecule has 0 aliphatic carbocycles. The number of fused-ring (bicyclic) bond motifs is 1. The molecular weight excluding hydrogens is 396 g/mol. The lowest BCUT2D eigenvalue weighted by Gasteiger charge is -2.11. The lowest BCUT2D eigenvalue weighted by Crippen LogP contribution is -2.22. The SMILES string of the molecule is CCn1c(-c2csc(-c3ncccn3)n2)nc2cc(S(=O)(=O)N(C)C)ccc21. The molecule has 4 rings (SSSR count).